The van der Waals surface area contributed by atoms with Gasteiger partial charge in [0.1, 0.15) is 13.2 Å². The van der Waals surface area contributed by atoms with Gasteiger partial charge in [-0.05, 0) is 109 Å². The summed E-state index contributed by atoms with van der Waals surface area (Å²) < 4.78 is 16.7. The Labute approximate surface area is 376 Å². The molecule has 0 heterocycles. The van der Waals surface area contributed by atoms with Crippen molar-refractivity contribution < 1.29 is 28.6 Å². The van der Waals surface area contributed by atoms with Crippen molar-refractivity contribution in [2.75, 3.05) is 13.2 Å². The van der Waals surface area contributed by atoms with Gasteiger partial charge in [-0.2, -0.15) is 0 Å². The first-order chi connectivity index (χ1) is 30.0. The van der Waals surface area contributed by atoms with Gasteiger partial charge in [-0.3, -0.25) is 14.4 Å². The zero-order valence-electron chi connectivity index (χ0n) is 39.9. The van der Waals surface area contributed by atoms with Crippen LogP contribution < -0.4 is 0 Å². The minimum absolute atomic E-state index is 0.0938. The van der Waals surface area contributed by atoms with E-state index in [-0.39, 0.29) is 31.1 Å². The standard InChI is InChI=1S/C55H94O6/c1-4-7-10-13-16-19-22-24-25-26-27-28-29-31-33-36-39-42-45-48-54(57)60-51-52(50-59-53(56)47-44-41-38-35-32-21-18-15-12-9-6-3)61-55(58)49-46-43-40-37-34-30-23-20-17-14-11-8-5-2/h15-16,18-20,23-25,27-28,31,33,52H,4-14,17,21-22,26,29-30,32,34-51H2,1-3H3/b18-15-,19-16-,23-20-,25-24-,28-27-,33-31-/t52-/m1/s1. The van der Waals surface area contributed by atoms with E-state index in [0.29, 0.717) is 19.3 Å². The molecule has 0 fully saturated rings. The fourth-order valence-electron chi connectivity index (χ4n) is 6.75. The maximum absolute atomic E-state index is 12.8. The zero-order chi connectivity index (χ0) is 44.4. The number of carbonyl (C=O) groups is 3. The summed E-state index contributed by atoms with van der Waals surface area (Å²) in [5.74, 6) is -0.945. The first-order valence-electron chi connectivity index (χ1n) is 25.4. The summed E-state index contributed by atoms with van der Waals surface area (Å²) in [6.45, 7) is 6.51. The van der Waals surface area contributed by atoms with Crippen molar-refractivity contribution in [3.05, 3.63) is 72.9 Å². The molecule has 0 aliphatic rings. The fraction of sp³-hybridized carbons (Fsp3) is 0.727. The lowest BCUT2D eigenvalue weighted by Gasteiger charge is -2.18. The monoisotopic (exact) mass is 851 g/mol. The molecule has 0 rings (SSSR count). The lowest BCUT2D eigenvalue weighted by Crippen LogP contribution is -2.30. The van der Waals surface area contributed by atoms with Gasteiger partial charge in [-0.25, -0.2) is 0 Å². The molecule has 350 valence electrons. The van der Waals surface area contributed by atoms with Crippen LogP contribution >= 0.6 is 0 Å². The molecule has 0 unspecified atom stereocenters. The summed E-state index contributed by atoms with van der Waals surface area (Å²) in [7, 11) is 0. The number of unbranched alkanes of at least 4 members (excludes halogenated alkanes) is 22. The Kier molecular flexibility index (Phi) is 46.9. The van der Waals surface area contributed by atoms with Gasteiger partial charge in [0.2, 0.25) is 0 Å². The smallest absolute Gasteiger partial charge is 0.306 e. The molecule has 0 bridgehead atoms. The van der Waals surface area contributed by atoms with E-state index < -0.39 is 6.10 Å². The molecule has 0 aromatic carbocycles. The van der Waals surface area contributed by atoms with E-state index in [1.807, 2.05) is 0 Å². The molecular formula is C55H94O6. The highest BCUT2D eigenvalue weighted by atomic mass is 16.6. The third-order valence-corrected chi connectivity index (χ3v) is 10.7. The van der Waals surface area contributed by atoms with Gasteiger partial charge in [0.15, 0.2) is 6.10 Å². The summed E-state index contributed by atoms with van der Waals surface area (Å²) in [6, 6.07) is 0. The third kappa shape index (κ3) is 47.7. The molecule has 0 aliphatic heterocycles. The minimum atomic E-state index is -0.794. The highest BCUT2D eigenvalue weighted by molar-refractivity contribution is 5.71. The van der Waals surface area contributed by atoms with Gasteiger partial charge < -0.3 is 14.2 Å². The van der Waals surface area contributed by atoms with Crippen LogP contribution in [-0.2, 0) is 28.6 Å². The predicted octanol–water partition coefficient (Wildman–Crippen LogP) is 16.6. The van der Waals surface area contributed by atoms with E-state index in [0.717, 1.165) is 103 Å². The van der Waals surface area contributed by atoms with E-state index >= 15 is 0 Å². The summed E-state index contributed by atoms with van der Waals surface area (Å²) in [5, 5.41) is 0. The van der Waals surface area contributed by atoms with Crippen molar-refractivity contribution in [1.82, 2.24) is 0 Å². The average molecular weight is 851 g/mol. The summed E-state index contributed by atoms with van der Waals surface area (Å²) in [5.41, 5.74) is 0. The number of allylic oxidation sites excluding steroid dienone is 12. The SMILES string of the molecule is CCCC/C=C\CCCCCCCC(=O)OC[C@H](COC(=O)CCCCC/C=C\C/C=C\C/C=C\C/C=C\CCCCC)OC(=O)CCCCCCC/C=C\CCCCCC. The first-order valence-corrected chi connectivity index (χ1v) is 25.4. The van der Waals surface area contributed by atoms with E-state index in [4.69, 9.17) is 14.2 Å². The van der Waals surface area contributed by atoms with Gasteiger partial charge >= 0.3 is 17.9 Å². The normalized spacial score (nSPS) is 12.6. The van der Waals surface area contributed by atoms with Gasteiger partial charge in [0.25, 0.3) is 0 Å². The molecule has 0 N–H and O–H groups in total. The highest BCUT2D eigenvalue weighted by Crippen LogP contribution is 2.13. The van der Waals surface area contributed by atoms with Crippen LogP contribution in [0, 0.1) is 0 Å². The topological polar surface area (TPSA) is 78.9 Å². The van der Waals surface area contributed by atoms with Crippen LogP contribution in [0.15, 0.2) is 72.9 Å². The van der Waals surface area contributed by atoms with Crippen LogP contribution in [0.3, 0.4) is 0 Å². The van der Waals surface area contributed by atoms with Gasteiger partial charge in [0.05, 0.1) is 0 Å². The minimum Gasteiger partial charge on any atom is -0.462 e. The number of hydrogen-bond acceptors (Lipinski definition) is 6. The number of hydrogen-bond donors (Lipinski definition) is 0. The second-order valence-electron chi connectivity index (χ2n) is 16.7. The van der Waals surface area contributed by atoms with Gasteiger partial charge in [0, 0.05) is 19.3 Å². The first kappa shape index (κ1) is 57.9. The Morgan fingerprint density at radius 2 is 0.607 bits per heavy atom. The molecule has 0 aromatic heterocycles. The second kappa shape index (κ2) is 49.5. The van der Waals surface area contributed by atoms with Gasteiger partial charge in [-0.1, -0.05) is 184 Å². The molecule has 6 nitrogen and oxygen atoms in total. The molecule has 0 spiro atoms. The molecule has 0 aliphatic carbocycles. The number of esters is 3. The van der Waals surface area contributed by atoms with Crippen LogP contribution in [0.4, 0.5) is 0 Å². The van der Waals surface area contributed by atoms with Crippen LogP contribution in [0.2, 0.25) is 0 Å². The van der Waals surface area contributed by atoms with Crippen molar-refractivity contribution >= 4 is 17.9 Å². The predicted molar refractivity (Wildman–Crippen MR) is 261 cm³/mol. The second-order valence-corrected chi connectivity index (χ2v) is 16.7. The van der Waals surface area contributed by atoms with Crippen molar-refractivity contribution in [3.8, 4) is 0 Å². The number of carbonyl (C=O) groups excluding carboxylic acids is 3. The molecule has 61 heavy (non-hydrogen) atoms. The van der Waals surface area contributed by atoms with E-state index in [1.165, 1.54) is 96.3 Å². The molecule has 0 saturated heterocycles. The van der Waals surface area contributed by atoms with E-state index in [1.54, 1.807) is 0 Å². The fourth-order valence-corrected chi connectivity index (χ4v) is 6.75. The highest BCUT2D eigenvalue weighted by Gasteiger charge is 2.19. The molecule has 0 saturated carbocycles. The molecule has 6 heteroatoms. The van der Waals surface area contributed by atoms with Crippen molar-refractivity contribution in [1.29, 1.82) is 0 Å². The third-order valence-electron chi connectivity index (χ3n) is 10.7. The maximum Gasteiger partial charge on any atom is 0.306 e. The van der Waals surface area contributed by atoms with Crippen LogP contribution in [0.25, 0.3) is 0 Å². The molecule has 0 radical (unpaired) electrons. The Morgan fingerprint density at radius 1 is 0.328 bits per heavy atom. The summed E-state index contributed by atoms with van der Waals surface area (Å²) >= 11 is 0. The Hall–Kier alpha value is -3.15. The van der Waals surface area contributed by atoms with Crippen LogP contribution in [0.1, 0.15) is 239 Å². The van der Waals surface area contributed by atoms with E-state index in [2.05, 4.69) is 93.7 Å². The van der Waals surface area contributed by atoms with Crippen molar-refractivity contribution in [2.45, 2.75) is 245 Å². The Balaban J connectivity index is 4.43. The lowest BCUT2D eigenvalue weighted by atomic mass is 10.1. The number of ether oxygens (including phenoxy) is 3. The van der Waals surface area contributed by atoms with E-state index in [9.17, 15) is 14.4 Å². The maximum atomic E-state index is 12.8. The van der Waals surface area contributed by atoms with Crippen LogP contribution in [0.5, 0.6) is 0 Å². The number of rotatable bonds is 45. The largest absolute Gasteiger partial charge is 0.462 e. The van der Waals surface area contributed by atoms with Crippen molar-refractivity contribution in [2.24, 2.45) is 0 Å². The lowest BCUT2D eigenvalue weighted by molar-refractivity contribution is -0.167. The van der Waals surface area contributed by atoms with Gasteiger partial charge in [-0.15, -0.1) is 0 Å². The zero-order valence-corrected chi connectivity index (χ0v) is 39.9. The Bertz CT molecular complexity index is 1160. The summed E-state index contributed by atoms with van der Waals surface area (Å²) in [6.07, 6.45) is 61.7. The molecule has 0 amide bonds. The molecule has 1 atom stereocenters. The molecule has 0 aromatic rings. The summed E-state index contributed by atoms with van der Waals surface area (Å²) in [4.78, 5) is 37.9. The molecular weight excluding hydrogens is 757 g/mol. The van der Waals surface area contributed by atoms with Crippen molar-refractivity contribution in [3.63, 3.8) is 0 Å². The quantitative estimate of drug-likeness (QED) is 0.0263. The van der Waals surface area contributed by atoms with Crippen LogP contribution in [-0.4, -0.2) is 37.2 Å². The Morgan fingerprint density at radius 3 is 1.03 bits per heavy atom. The average Bonchev–Trinajstić information content (AvgIpc) is 3.26.